The standard InChI is InChI=1S/C19H21F3N4O3/c1-18(2,3)25-17(27)11-8-23-26-15(19(20,21)22)7-12(24-16(11)26)10-4-5-13-14(6-10)29-9-28-13/h4-6,8,12,15,24H,7,9H2,1-3H3,(H,25,27)/t12-,15-/m1/s1. The fourth-order valence-corrected chi connectivity index (χ4v) is 3.49. The summed E-state index contributed by atoms with van der Waals surface area (Å²) in [6.07, 6.45) is -3.61. The van der Waals surface area contributed by atoms with E-state index in [2.05, 4.69) is 15.7 Å². The Hall–Kier alpha value is -2.91. The SMILES string of the molecule is CC(C)(C)NC(=O)c1cnn2c1N[C@@H](c1ccc3c(c1)OCO3)C[C@@H]2C(F)(F)F. The van der Waals surface area contributed by atoms with Crippen LogP contribution in [0.25, 0.3) is 0 Å². The number of carbonyl (C=O) groups is 1. The molecule has 0 fully saturated rings. The summed E-state index contributed by atoms with van der Waals surface area (Å²) in [6, 6.07) is 2.49. The van der Waals surface area contributed by atoms with Crippen molar-refractivity contribution in [3.63, 3.8) is 0 Å². The molecule has 2 N–H and O–H groups in total. The molecule has 10 heteroatoms. The van der Waals surface area contributed by atoms with Crippen LogP contribution in [0.2, 0.25) is 0 Å². The van der Waals surface area contributed by atoms with Gasteiger partial charge in [0.15, 0.2) is 17.5 Å². The van der Waals surface area contributed by atoms with Gasteiger partial charge in [-0.15, -0.1) is 0 Å². The first-order valence-corrected chi connectivity index (χ1v) is 9.16. The van der Waals surface area contributed by atoms with E-state index in [0.29, 0.717) is 17.1 Å². The molecule has 0 radical (unpaired) electrons. The summed E-state index contributed by atoms with van der Waals surface area (Å²) in [6.45, 7) is 5.46. The van der Waals surface area contributed by atoms with Gasteiger partial charge >= 0.3 is 6.18 Å². The third-order valence-electron chi connectivity index (χ3n) is 4.77. The zero-order valence-corrected chi connectivity index (χ0v) is 16.1. The lowest BCUT2D eigenvalue weighted by Gasteiger charge is -2.34. The van der Waals surface area contributed by atoms with Crippen molar-refractivity contribution in [1.82, 2.24) is 15.1 Å². The summed E-state index contributed by atoms with van der Waals surface area (Å²) in [5.74, 6) is 0.589. The number of halogens is 3. The number of anilines is 1. The molecule has 1 amide bonds. The van der Waals surface area contributed by atoms with E-state index in [1.54, 1.807) is 39.0 Å². The summed E-state index contributed by atoms with van der Waals surface area (Å²) in [5, 5.41) is 9.70. The Morgan fingerprint density at radius 3 is 2.66 bits per heavy atom. The molecule has 4 rings (SSSR count). The molecule has 3 heterocycles. The predicted octanol–water partition coefficient (Wildman–Crippen LogP) is 3.80. The Bertz CT molecular complexity index is 949. The molecule has 2 atom stereocenters. The molecule has 0 aliphatic carbocycles. The van der Waals surface area contributed by atoms with Crippen molar-refractivity contribution in [3.05, 3.63) is 35.5 Å². The van der Waals surface area contributed by atoms with Gasteiger partial charge in [-0.05, 0) is 38.5 Å². The van der Waals surface area contributed by atoms with E-state index >= 15 is 0 Å². The number of aromatic nitrogens is 2. The molecule has 1 aromatic heterocycles. The van der Waals surface area contributed by atoms with Crippen LogP contribution >= 0.6 is 0 Å². The maximum Gasteiger partial charge on any atom is 0.410 e. The number of alkyl halides is 3. The fourth-order valence-electron chi connectivity index (χ4n) is 3.49. The third kappa shape index (κ3) is 3.70. The zero-order valence-electron chi connectivity index (χ0n) is 16.1. The topological polar surface area (TPSA) is 77.4 Å². The van der Waals surface area contributed by atoms with Crippen LogP contribution < -0.4 is 20.1 Å². The van der Waals surface area contributed by atoms with Crippen LogP contribution in [0.5, 0.6) is 11.5 Å². The molecule has 0 bridgehead atoms. The van der Waals surface area contributed by atoms with E-state index < -0.39 is 29.7 Å². The second kappa shape index (κ2) is 6.57. The van der Waals surface area contributed by atoms with Gasteiger partial charge in [-0.1, -0.05) is 6.07 Å². The number of ether oxygens (including phenoxy) is 2. The van der Waals surface area contributed by atoms with Gasteiger partial charge in [0.1, 0.15) is 11.4 Å². The minimum atomic E-state index is -4.52. The molecule has 29 heavy (non-hydrogen) atoms. The molecule has 0 saturated heterocycles. The average Bonchev–Trinajstić information content (AvgIpc) is 3.24. The van der Waals surface area contributed by atoms with Crippen LogP contribution in [0, 0.1) is 0 Å². The van der Waals surface area contributed by atoms with E-state index in [1.807, 2.05) is 0 Å². The van der Waals surface area contributed by atoms with Gasteiger partial charge in [-0.3, -0.25) is 4.79 Å². The van der Waals surface area contributed by atoms with Gasteiger partial charge in [0.2, 0.25) is 6.79 Å². The summed E-state index contributed by atoms with van der Waals surface area (Å²) < 4.78 is 52.8. The number of nitrogens with one attached hydrogen (secondary N) is 2. The minimum absolute atomic E-state index is 0.0444. The highest BCUT2D eigenvalue weighted by Gasteiger charge is 2.47. The van der Waals surface area contributed by atoms with Crippen LogP contribution in [0.15, 0.2) is 24.4 Å². The molecular formula is C19H21F3N4O3. The van der Waals surface area contributed by atoms with Gasteiger partial charge in [-0.2, -0.15) is 18.3 Å². The van der Waals surface area contributed by atoms with Crippen molar-refractivity contribution in [2.24, 2.45) is 0 Å². The van der Waals surface area contributed by atoms with Gasteiger partial charge in [-0.25, -0.2) is 4.68 Å². The number of rotatable bonds is 2. The van der Waals surface area contributed by atoms with Crippen molar-refractivity contribution < 1.29 is 27.4 Å². The Kier molecular flexibility index (Phi) is 4.39. The number of benzene rings is 1. The first-order valence-electron chi connectivity index (χ1n) is 9.16. The molecule has 156 valence electrons. The number of carbonyl (C=O) groups excluding carboxylic acids is 1. The van der Waals surface area contributed by atoms with Crippen molar-refractivity contribution >= 4 is 11.7 Å². The molecular weight excluding hydrogens is 389 g/mol. The van der Waals surface area contributed by atoms with Gasteiger partial charge in [0, 0.05) is 12.0 Å². The van der Waals surface area contributed by atoms with Crippen molar-refractivity contribution in [2.45, 2.75) is 51.0 Å². The monoisotopic (exact) mass is 410 g/mol. The molecule has 0 unspecified atom stereocenters. The summed E-state index contributed by atoms with van der Waals surface area (Å²) in [5.41, 5.74) is 0.138. The summed E-state index contributed by atoms with van der Waals surface area (Å²) >= 11 is 0. The van der Waals surface area contributed by atoms with Gasteiger partial charge < -0.3 is 20.1 Å². The molecule has 7 nitrogen and oxygen atoms in total. The number of amides is 1. The summed E-state index contributed by atoms with van der Waals surface area (Å²) in [4.78, 5) is 12.6. The van der Waals surface area contributed by atoms with Crippen LogP contribution in [0.1, 0.15) is 55.2 Å². The Labute approximate surface area is 165 Å². The van der Waals surface area contributed by atoms with Crippen LogP contribution in [-0.2, 0) is 0 Å². The Morgan fingerprint density at radius 2 is 1.97 bits per heavy atom. The first-order chi connectivity index (χ1) is 13.5. The fraction of sp³-hybridized carbons (Fsp3) is 0.474. The van der Waals surface area contributed by atoms with Crippen LogP contribution in [0.3, 0.4) is 0 Å². The molecule has 2 aliphatic rings. The largest absolute Gasteiger partial charge is 0.454 e. The van der Waals surface area contributed by atoms with Crippen molar-refractivity contribution in [3.8, 4) is 11.5 Å². The van der Waals surface area contributed by atoms with Crippen LogP contribution in [-0.4, -0.2) is 34.2 Å². The van der Waals surface area contributed by atoms with Crippen molar-refractivity contribution in [2.75, 3.05) is 12.1 Å². The quantitative estimate of drug-likeness (QED) is 0.788. The number of fused-ring (bicyclic) bond motifs is 2. The highest BCUT2D eigenvalue weighted by molar-refractivity contribution is 5.99. The third-order valence-corrected chi connectivity index (χ3v) is 4.77. The molecule has 0 saturated carbocycles. The van der Waals surface area contributed by atoms with E-state index in [9.17, 15) is 18.0 Å². The van der Waals surface area contributed by atoms with E-state index in [1.165, 1.54) is 6.20 Å². The maximum atomic E-state index is 13.8. The molecule has 1 aromatic carbocycles. The van der Waals surface area contributed by atoms with E-state index in [4.69, 9.17) is 9.47 Å². The minimum Gasteiger partial charge on any atom is -0.454 e. The summed E-state index contributed by atoms with van der Waals surface area (Å²) in [7, 11) is 0. The van der Waals surface area contributed by atoms with Crippen molar-refractivity contribution in [1.29, 1.82) is 0 Å². The lowest BCUT2D eigenvalue weighted by atomic mass is 9.96. The highest BCUT2D eigenvalue weighted by atomic mass is 19.4. The van der Waals surface area contributed by atoms with Gasteiger partial charge in [0.05, 0.1) is 12.2 Å². The highest BCUT2D eigenvalue weighted by Crippen LogP contribution is 2.45. The van der Waals surface area contributed by atoms with Gasteiger partial charge in [0.25, 0.3) is 5.91 Å². The van der Waals surface area contributed by atoms with Crippen LogP contribution in [0.4, 0.5) is 19.0 Å². The predicted molar refractivity (Wildman–Crippen MR) is 98.1 cm³/mol. The number of nitrogens with zero attached hydrogens (tertiary/aromatic N) is 2. The molecule has 2 aliphatic heterocycles. The zero-order chi connectivity index (χ0) is 21.0. The normalized spacial score (nSPS) is 20.8. The second-order valence-corrected chi connectivity index (χ2v) is 8.16. The molecule has 2 aromatic rings. The van der Waals surface area contributed by atoms with E-state index in [-0.39, 0.29) is 24.6 Å². The van der Waals surface area contributed by atoms with E-state index in [0.717, 1.165) is 4.68 Å². The lowest BCUT2D eigenvalue weighted by Crippen LogP contribution is -2.41. The smallest absolute Gasteiger partial charge is 0.410 e. The molecule has 0 spiro atoms. The Morgan fingerprint density at radius 1 is 1.24 bits per heavy atom. The average molecular weight is 410 g/mol. The Balaban J connectivity index is 1.72. The lowest BCUT2D eigenvalue weighted by molar-refractivity contribution is -0.173. The number of hydrogen-bond acceptors (Lipinski definition) is 5. The number of hydrogen-bond donors (Lipinski definition) is 2. The first kappa shape index (κ1) is 19.4. The second-order valence-electron chi connectivity index (χ2n) is 8.16. The maximum absolute atomic E-state index is 13.8.